The first kappa shape index (κ1) is 14.9. The molecule has 0 radical (unpaired) electrons. The lowest BCUT2D eigenvalue weighted by molar-refractivity contribution is 1.03. The normalized spacial score (nSPS) is 10.9. The van der Waals surface area contributed by atoms with E-state index in [4.69, 9.17) is 12.2 Å². The number of aromatic nitrogens is 4. The van der Waals surface area contributed by atoms with Gasteiger partial charge < -0.3 is 4.90 Å². The molecule has 0 bridgehead atoms. The summed E-state index contributed by atoms with van der Waals surface area (Å²) >= 11 is 7.04. The number of thiazole rings is 1. The monoisotopic (exact) mass is 331 g/mol. The van der Waals surface area contributed by atoms with E-state index in [0.717, 1.165) is 32.8 Å². The Balaban J connectivity index is 2.14. The van der Waals surface area contributed by atoms with Gasteiger partial charge in [-0.1, -0.05) is 0 Å². The maximum absolute atomic E-state index is 5.41. The van der Waals surface area contributed by atoms with E-state index in [0.29, 0.717) is 4.77 Å². The third kappa shape index (κ3) is 2.57. The van der Waals surface area contributed by atoms with E-state index in [9.17, 15) is 0 Å². The van der Waals surface area contributed by atoms with E-state index in [1.165, 1.54) is 0 Å². The van der Waals surface area contributed by atoms with Crippen molar-refractivity contribution in [1.82, 2.24) is 19.7 Å². The van der Waals surface area contributed by atoms with Crippen LogP contribution in [0.5, 0.6) is 0 Å². The fourth-order valence-corrected chi connectivity index (χ4v) is 3.46. The summed E-state index contributed by atoms with van der Waals surface area (Å²) in [4.78, 5) is 7.59. The van der Waals surface area contributed by atoms with Gasteiger partial charge in [-0.05, 0) is 50.3 Å². The molecule has 22 heavy (non-hydrogen) atoms. The van der Waals surface area contributed by atoms with Crippen LogP contribution in [0.4, 0.5) is 5.69 Å². The molecule has 3 rings (SSSR count). The van der Waals surface area contributed by atoms with Crippen molar-refractivity contribution in [2.75, 3.05) is 19.0 Å². The standard InChI is InChI=1S/C15H17N5S2/c1-9-13(22-10(2)16-9)14-17-18-15(21)20(14)12-7-5-11(6-8-12)19(3)4/h5-8H,1-4H3,(H,18,21). The Morgan fingerprint density at radius 3 is 2.41 bits per heavy atom. The lowest BCUT2D eigenvalue weighted by Gasteiger charge is -2.13. The van der Waals surface area contributed by atoms with Crippen molar-refractivity contribution in [3.8, 4) is 16.4 Å². The molecule has 5 nitrogen and oxygen atoms in total. The molecule has 114 valence electrons. The Hall–Kier alpha value is -1.99. The van der Waals surface area contributed by atoms with Crippen LogP contribution in [0.2, 0.25) is 0 Å². The van der Waals surface area contributed by atoms with Gasteiger partial charge in [0.05, 0.1) is 21.3 Å². The number of H-pyrrole nitrogens is 1. The molecular weight excluding hydrogens is 314 g/mol. The topological polar surface area (TPSA) is 49.7 Å². The first-order valence-corrected chi connectivity index (χ1v) is 8.09. The summed E-state index contributed by atoms with van der Waals surface area (Å²) < 4.78 is 2.53. The van der Waals surface area contributed by atoms with Crippen molar-refractivity contribution >= 4 is 29.2 Å². The number of hydrogen-bond acceptors (Lipinski definition) is 5. The number of aromatic amines is 1. The van der Waals surface area contributed by atoms with Gasteiger partial charge in [-0.3, -0.25) is 9.67 Å². The molecule has 1 N–H and O–H groups in total. The summed E-state index contributed by atoms with van der Waals surface area (Å²) in [6.45, 7) is 3.99. The van der Waals surface area contributed by atoms with Crippen LogP contribution in [-0.2, 0) is 0 Å². The van der Waals surface area contributed by atoms with E-state index in [1.54, 1.807) is 11.3 Å². The lowest BCUT2D eigenvalue weighted by atomic mass is 10.2. The minimum Gasteiger partial charge on any atom is -0.378 e. The average molecular weight is 331 g/mol. The summed E-state index contributed by atoms with van der Waals surface area (Å²) in [6.07, 6.45) is 0. The maximum atomic E-state index is 5.41. The van der Waals surface area contributed by atoms with E-state index in [-0.39, 0.29) is 0 Å². The second-order valence-corrected chi connectivity index (χ2v) is 6.84. The molecule has 0 saturated carbocycles. The molecule has 7 heteroatoms. The molecule has 3 aromatic rings. The summed E-state index contributed by atoms with van der Waals surface area (Å²) in [5.74, 6) is 0.811. The van der Waals surface area contributed by atoms with Gasteiger partial charge in [-0.25, -0.2) is 4.98 Å². The smallest absolute Gasteiger partial charge is 0.200 e. The molecule has 0 saturated heterocycles. The number of nitrogens with one attached hydrogen (secondary N) is 1. The summed E-state index contributed by atoms with van der Waals surface area (Å²) in [5, 5.41) is 8.32. The Labute approximate surface area is 138 Å². The fourth-order valence-electron chi connectivity index (χ4n) is 2.33. The molecule has 0 spiro atoms. The second-order valence-electron chi connectivity index (χ2n) is 5.25. The van der Waals surface area contributed by atoms with Crippen molar-refractivity contribution < 1.29 is 0 Å². The number of hydrogen-bond donors (Lipinski definition) is 1. The van der Waals surface area contributed by atoms with Crippen molar-refractivity contribution in [2.45, 2.75) is 13.8 Å². The molecule has 0 unspecified atom stereocenters. The zero-order chi connectivity index (χ0) is 15.9. The number of rotatable bonds is 3. The highest BCUT2D eigenvalue weighted by atomic mass is 32.1. The molecule has 0 aliphatic heterocycles. The van der Waals surface area contributed by atoms with E-state index >= 15 is 0 Å². The van der Waals surface area contributed by atoms with Gasteiger partial charge in [0, 0.05) is 19.8 Å². The number of aryl methyl sites for hydroxylation is 2. The molecule has 0 aliphatic carbocycles. The van der Waals surface area contributed by atoms with Crippen molar-refractivity contribution in [3.63, 3.8) is 0 Å². The Kier molecular flexibility index (Phi) is 3.84. The Bertz CT molecular complexity index is 855. The van der Waals surface area contributed by atoms with Crippen LogP contribution in [0.1, 0.15) is 10.7 Å². The van der Waals surface area contributed by atoms with E-state index in [2.05, 4.69) is 32.2 Å². The molecule has 2 heterocycles. The van der Waals surface area contributed by atoms with Crippen LogP contribution in [0.15, 0.2) is 24.3 Å². The largest absolute Gasteiger partial charge is 0.378 e. The van der Waals surface area contributed by atoms with Crippen LogP contribution in [-0.4, -0.2) is 33.8 Å². The SMILES string of the molecule is Cc1nc(C)c(-c2n[nH]c(=S)n2-c2ccc(N(C)C)cc2)s1. The fraction of sp³-hybridized carbons (Fsp3) is 0.267. The molecular formula is C15H17N5S2. The molecule has 2 aromatic heterocycles. The third-order valence-electron chi connectivity index (χ3n) is 3.40. The minimum atomic E-state index is 0.582. The predicted octanol–water partition coefficient (Wildman–Crippen LogP) is 3.74. The highest BCUT2D eigenvalue weighted by Gasteiger charge is 2.16. The lowest BCUT2D eigenvalue weighted by Crippen LogP contribution is -2.08. The minimum absolute atomic E-state index is 0.582. The van der Waals surface area contributed by atoms with Crippen LogP contribution in [0.3, 0.4) is 0 Å². The molecule has 0 fully saturated rings. The van der Waals surface area contributed by atoms with Gasteiger partial charge in [0.25, 0.3) is 0 Å². The summed E-state index contributed by atoms with van der Waals surface area (Å²) in [7, 11) is 4.04. The number of anilines is 1. The van der Waals surface area contributed by atoms with Crippen LogP contribution < -0.4 is 4.90 Å². The van der Waals surface area contributed by atoms with E-state index < -0.39 is 0 Å². The Morgan fingerprint density at radius 1 is 1.18 bits per heavy atom. The van der Waals surface area contributed by atoms with Crippen LogP contribution in [0, 0.1) is 18.6 Å². The average Bonchev–Trinajstić information content (AvgIpc) is 3.01. The zero-order valence-electron chi connectivity index (χ0n) is 12.9. The molecule has 1 aromatic carbocycles. The van der Waals surface area contributed by atoms with Gasteiger partial charge in [0.2, 0.25) is 0 Å². The Morgan fingerprint density at radius 2 is 1.86 bits per heavy atom. The number of nitrogens with zero attached hydrogens (tertiary/aromatic N) is 4. The molecule has 0 atom stereocenters. The first-order chi connectivity index (χ1) is 10.5. The molecule has 0 aliphatic rings. The first-order valence-electron chi connectivity index (χ1n) is 6.87. The van der Waals surface area contributed by atoms with Crippen molar-refractivity contribution in [2.24, 2.45) is 0 Å². The van der Waals surface area contributed by atoms with Crippen LogP contribution >= 0.6 is 23.6 Å². The van der Waals surface area contributed by atoms with Crippen LogP contribution in [0.25, 0.3) is 16.4 Å². The third-order valence-corrected chi connectivity index (χ3v) is 4.75. The summed E-state index contributed by atoms with van der Waals surface area (Å²) in [6, 6.07) is 8.23. The highest BCUT2D eigenvalue weighted by Crippen LogP contribution is 2.30. The molecule has 0 amide bonds. The maximum Gasteiger partial charge on any atom is 0.200 e. The van der Waals surface area contributed by atoms with Gasteiger partial charge in [0.1, 0.15) is 0 Å². The van der Waals surface area contributed by atoms with Crippen molar-refractivity contribution in [3.05, 3.63) is 39.7 Å². The number of benzene rings is 1. The van der Waals surface area contributed by atoms with Gasteiger partial charge >= 0.3 is 0 Å². The predicted molar refractivity (Wildman–Crippen MR) is 93.7 cm³/mol. The quantitative estimate of drug-likeness (QED) is 0.743. The van der Waals surface area contributed by atoms with Gasteiger partial charge in [0.15, 0.2) is 10.6 Å². The van der Waals surface area contributed by atoms with Gasteiger partial charge in [-0.15, -0.1) is 11.3 Å². The zero-order valence-corrected chi connectivity index (χ0v) is 14.5. The van der Waals surface area contributed by atoms with Gasteiger partial charge in [-0.2, -0.15) is 5.10 Å². The second kappa shape index (κ2) is 5.66. The summed E-state index contributed by atoms with van der Waals surface area (Å²) in [5.41, 5.74) is 3.11. The van der Waals surface area contributed by atoms with E-state index in [1.807, 2.05) is 44.6 Å². The van der Waals surface area contributed by atoms with Crippen molar-refractivity contribution in [1.29, 1.82) is 0 Å². The highest BCUT2D eigenvalue weighted by molar-refractivity contribution is 7.71.